The smallest absolute Gasteiger partial charge is 0.251 e. The van der Waals surface area contributed by atoms with Gasteiger partial charge < -0.3 is 5.32 Å². The number of benzene rings is 2. The number of amides is 1. The molecule has 0 aliphatic carbocycles. The lowest BCUT2D eigenvalue weighted by atomic mass is 10.0. The predicted molar refractivity (Wildman–Crippen MR) is 123 cm³/mol. The molecular weight excluding hydrogens is 410 g/mol. The Labute approximate surface area is 186 Å². The minimum absolute atomic E-state index is 0.127. The van der Waals surface area contributed by atoms with Gasteiger partial charge in [-0.3, -0.25) is 9.69 Å². The van der Waals surface area contributed by atoms with Gasteiger partial charge in [-0.2, -0.15) is 4.31 Å². The molecule has 0 spiro atoms. The molecule has 1 aliphatic heterocycles. The van der Waals surface area contributed by atoms with Crippen molar-refractivity contribution in [3.63, 3.8) is 0 Å². The number of sulfonamides is 1. The van der Waals surface area contributed by atoms with Crippen molar-refractivity contribution in [1.82, 2.24) is 14.5 Å². The molecular formula is C24H33N3O3S. The molecule has 31 heavy (non-hydrogen) atoms. The first-order chi connectivity index (χ1) is 14.8. The van der Waals surface area contributed by atoms with Crippen LogP contribution in [0.1, 0.15) is 54.6 Å². The molecule has 168 valence electrons. The van der Waals surface area contributed by atoms with Crippen molar-refractivity contribution >= 4 is 15.9 Å². The molecule has 2 aromatic carbocycles. The van der Waals surface area contributed by atoms with Crippen LogP contribution < -0.4 is 5.32 Å². The Morgan fingerprint density at radius 1 is 1.03 bits per heavy atom. The van der Waals surface area contributed by atoms with Gasteiger partial charge in [0, 0.05) is 31.7 Å². The zero-order valence-corrected chi connectivity index (χ0v) is 19.5. The van der Waals surface area contributed by atoms with E-state index < -0.39 is 10.0 Å². The van der Waals surface area contributed by atoms with Crippen LogP contribution in [0.25, 0.3) is 0 Å². The van der Waals surface area contributed by atoms with E-state index in [9.17, 15) is 13.2 Å². The molecule has 0 unspecified atom stereocenters. The lowest BCUT2D eigenvalue weighted by molar-refractivity contribution is 0.0950. The third kappa shape index (κ3) is 5.93. The molecule has 7 heteroatoms. The molecule has 0 radical (unpaired) electrons. The molecule has 1 aliphatic rings. The van der Waals surface area contributed by atoms with Gasteiger partial charge in [-0.05, 0) is 69.1 Å². The van der Waals surface area contributed by atoms with Gasteiger partial charge in [-0.1, -0.05) is 36.8 Å². The molecule has 6 nitrogen and oxygen atoms in total. The Morgan fingerprint density at radius 2 is 1.71 bits per heavy atom. The fourth-order valence-corrected chi connectivity index (χ4v) is 5.18. The number of likely N-dealkylation sites (tertiary alicyclic amines) is 1. The fraction of sp³-hybridized carbons (Fsp3) is 0.458. The van der Waals surface area contributed by atoms with E-state index in [2.05, 4.69) is 16.3 Å². The van der Waals surface area contributed by atoms with Crippen molar-refractivity contribution in [2.24, 2.45) is 0 Å². The first kappa shape index (κ1) is 23.4. The van der Waals surface area contributed by atoms with Crippen molar-refractivity contribution in [3.05, 3.63) is 65.2 Å². The van der Waals surface area contributed by atoms with Gasteiger partial charge >= 0.3 is 0 Å². The molecule has 3 rings (SSSR count). The van der Waals surface area contributed by atoms with Crippen molar-refractivity contribution in [1.29, 1.82) is 0 Å². The predicted octanol–water partition coefficient (Wildman–Crippen LogP) is 3.63. The third-order valence-corrected chi connectivity index (χ3v) is 7.93. The average molecular weight is 444 g/mol. The Hall–Kier alpha value is -2.22. The molecule has 1 saturated heterocycles. The minimum atomic E-state index is -3.64. The Bertz CT molecular complexity index is 999. The summed E-state index contributed by atoms with van der Waals surface area (Å²) in [6.07, 6.45) is 3.78. The van der Waals surface area contributed by atoms with E-state index in [4.69, 9.17) is 0 Å². The number of carbonyl (C=O) groups excluding carboxylic acids is 1. The Kier molecular flexibility index (Phi) is 7.86. The number of piperidine rings is 1. The van der Waals surface area contributed by atoms with Crippen LogP contribution in [0.5, 0.6) is 0 Å². The maximum Gasteiger partial charge on any atom is 0.251 e. The molecule has 1 N–H and O–H groups in total. The summed E-state index contributed by atoms with van der Waals surface area (Å²) in [6, 6.07) is 14.2. The van der Waals surface area contributed by atoms with Crippen LogP contribution in [-0.2, 0) is 23.1 Å². The molecule has 1 heterocycles. The molecule has 0 saturated carbocycles. The number of rotatable bonds is 8. The summed E-state index contributed by atoms with van der Waals surface area (Å²) in [5, 5.41) is 2.96. The van der Waals surface area contributed by atoms with Crippen LogP contribution in [0.3, 0.4) is 0 Å². The van der Waals surface area contributed by atoms with Crippen molar-refractivity contribution in [2.45, 2.75) is 57.1 Å². The van der Waals surface area contributed by atoms with Gasteiger partial charge in [0.1, 0.15) is 0 Å². The van der Waals surface area contributed by atoms with Crippen LogP contribution in [-0.4, -0.2) is 49.7 Å². The lowest BCUT2D eigenvalue weighted by Crippen LogP contribution is -2.33. The summed E-state index contributed by atoms with van der Waals surface area (Å²) in [4.78, 5) is 15.4. The second kappa shape index (κ2) is 10.4. The van der Waals surface area contributed by atoms with Crippen LogP contribution >= 0.6 is 0 Å². The van der Waals surface area contributed by atoms with Crippen molar-refractivity contribution in [2.75, 3.05) is 20.1 Å². The maximum absolute atomic E-state index is 12.8. The number of nitrogens with zero attached hydrogens (tertiary/aromatic N) is 2. The highest BCUT2D eigenvalue weighted by atomic mass is 32.2. The molecule has 1 fully saturated rings. The van der Waals surface area contributed by atoms with E-state index in [0.29, 0.717) is 12.1 Å². The maximum atomic E-state index is 12.8. The van der Waals surface area contributed by atoms with Crippen LogP contribution in [0.2, 0.25) is 0 Å². The summed E-state index contributed by atoms with van der Waals surface area (Å²) in [7, 11) is -2.09. The molecule has 2 aromatic rings. The van der Waals surface area contributed by atoms with Crippen LogP contribution in [0, 0.1) is 0 Å². The minimum Gasteiger partial charge on any atom is -0.348 e. The van der Waals surface area contributed by atoms with E-state index in [0.717, 1.165) is 25.2 Å². The molecule has 1 amide bonds. The zero-order valence-electron chi connectivity index (χ0n) is 18.7. The monoisotopic (exact) mass is 443 g/mol. The van der Waals surface area contributed by atoms with E-state index in [-0.39, 0.29) is 16.8 Å². The summed E-state index contributed by atoms with van der Waals surface area (Å²) in [6.45, 7) is 7.16. The first-order valence-electron chi connectivity index (χ1n) is 10.9. The third-order valence-electron chi connectivity index (χ3n) is 5.90. The van der Waals surface area contributed by atoms with Gasteiger partial charge in [0.25, 0.3) is 5.91 Å². The van der Waals surface area contributed by atoms with E-state index in [1.165, 1.54) is 41.3 Å². The second-order valence-corrected chi connectivity index (χ2v) is 10.4. The summed E-state index contributed by atoms with van der Waals surface area (Å²) in [5.74, 6) is -0.281. The van der Waals surface area contributed by atoms with Gasteiger partial charge in [-0.25, -0.2) is 8.42 Å². The van der Waals surface area contributed by atoms with Crippen LogP contribution in [0.15, 0.2) is 53.4 Å². The standard InChI is InChI=1S/C24H33N3O3S/c1-19(2)26(3)31(29,30)23-13-9-12-20(16-23)24(28)25-17-21-10-5-6-11-22(21)18-27-14-7-4-8-15-27/h5-6,9-13,16,19H,4,7-8,14-15,17-18H2,1-3H3,(H,25,28). The highest BCUT2D eigenvalue weighted by Gasteiger charge is 2.24. The zero-order chi connectivity index (χ0) is 22.4. The highest BCUT2D eigenvalue weighted by molar-refractivity contribution is 7.89. The highest BCUT2D eigenvalue weighted by Crippen LogP contribution is 2.19. The van der Waals surface area contributed by atoms with Gasteiger partial charge in [0.2, 0.25) is 10.0 Å². The second-order valence-electron chi connectivity index (χ2n) is 8.43. The summed E-state index contributed by atoms with van der Waals surface area (Å²) in [5.41, 5.74) is 2.65. The van der Waals surface area contributed by atoms with Crippen LogP contribution in [0.4, 0.5) is 0 Å². The van der Waals surface area contributed by atoms with E-state index in [1.807, 2.05) is 32.0 Å². The quantitative estimate of drug-likeness (QED) is 0.676. The fourth-order valence-electron chi connectivity index (χ4n) is 3.76. The topological polar surface area (TPSA) is 69.7 Å². The number of carbonyl (C=O) groups is 1. The number of hydrogen-bond donors (Lipinski definition) is 1. The SMILES string of the molecule is CC(C)N(C)S(=O)(=O)c1cccc(C(=O)NCc2ccccc2CN2CCCCC2)c1. The van der Waals surface area contributed by atoms with Gasteiger partial charge in [0.05, 0.1) is 4.90 Å². The van der Waals surface area contributed by atoms with E-state index in [1.54, 1.807) is 19.2 Å². The first-order valence-corrected chi connectivity index (χ1v) is 12.4. The average Bonchev–Trinajstić information content (AvgIpc) is 2.78. The number of nitrogens with one attached hydrogen (secondary N) is 1. The lowest BCUT2D eigenvalue weighted by Gasteiger charge is -2.27. The Morgan fingerprint density at radius 3 is 2.39 bits per heavy atom. The molecule has 0 aromatic heterocycles. The van der Waals surface area contributed by atoms with Crippen molar-refractivity contribution in [3.8, 4) is 0 Å². The Balaban J connectivity index is 1.69. The largest absolute Gasteiger partial charge is 0.348 e. The van der Waals surface area contributed by atoms with Gasteiger partial charge in [0.15, 0.2) is 0 Å². The van der Waals surface area contributed by atoms with E-state index >= 15 is 0 Å². The number of hydrogen-bond acceptors (Lipinski definition) is 4. The summed E-state index contributed by atoms with van der Waals surface area (Å²) >= 11 is 0. The normalized spacial score (nSPS) is 15.4. The molecule has 0 bridgehead atoms. The summed E-state index contributed by atoms with van der Waals surface area (Å²) < 4.78 is 26.8. The molecule has 0 atom stereocenters. The van der Waals surface area contributed by atoms with Gasteiger partial charge in [-0.15, -0.1) is 0 Å². The van der Waals surface area contributed by atoms with Crippen molar-refractivity contribution < 1.29 is 13.2 Å².